The maximum atomic E-state index is 11.5. The lowest BCUT2D eigenvalue weighted by Crippen LogP contribution is -2.33. The van der Waals surface area contributed by atoms with Gasteiger partial charge in [0.05, 0.1) is 0 Å². The number of nitrogens with zero attached hydrogens (tertiary/aromatic N) is 2. The normalized spacial score (nSPS) is 12.1. The van der Waals surface area contributed by atoms with Crippen LogP contribution in [-0.4, -0.2) is 21.9 Å². The third kappa shape index (κ3) is 2.42. The number of aromatic nitrogens is 2. The summed E-state index contributed by atoms with van der Waals surface area (Å²) >= 11 is 0. The lowest BCUT2D eigenvalue weighted by molar-refractivity contribution is 0.0935. The van der Waals surface area contributed by atoms with Gasteiger partial charge >= 0.3 is 0 Å². The van der Waals surface area contributed by atoms with Crippen molar-refractivity contribution in [2.24, 2.45) is 0 Å². The highest BCUT2D eigenvalue weighted by molar-refractivity contribution is 5.96. The number of carbonyl (C=O) groups is 1. The molecule has 5 nitrogen and oxygen atoms in total. The molecule has 0 saturated heterocycles. The number of hydrogen-bond donors (Lipinski definition) is 2. The molecule has 1 heterocycles. The Morgan fingerprint density at radius 2 is 2.21 bits per heavy atom. The summed E-state index contributed by atoms with van der Waals surface area (Å²) in [5.74, 6) is -0.113. The molecule has 1 atom stereocenters. The van der Waals surface area contributed by atoms with Crippen LogP contribution in [-0.2, 0) is 0 Å². The van der Waals surface area contributed by atoms with E-state index in [9.17, 15) is 4.79 Å². The summed E-state index contributed by atoms with van der Waals surface area (Å²) in [6.45, 7) is 3.91. The van der Waals surface area contributed by atoms with Crippen molar-refractivity contribution in [2.45, 2.75) is 26.3 Å². The number of rotatable bonds is 3. The van der Waals surface area contributed by atoms with Gasteiger partial charge in [0.2, 0.25) is 0 Å². The summed E-state index contributed by atoms with van der Waals surface area (Å²) in [7, 11) is 0. The summed E-state index contributed by atoms with van der Waals surface area (Å²) in [6.07, 6.45) is 3.77. The molecule has 5 heteroatoms. The molecule has 1 amide bonds. The van der Waals surface area contributed by atoms with Gasteiger partial charge in [0.15, 0.2) is 11.5 Å². The molecule has 0 saturated carbocycles. The summed E-state index contributed by atoms with van der Waals surface area (Å²) in [6, 6.07) is 0.115. The highest BCUT2D eigenvalue weighted by Crippen LogP contribution is 2.03. The van der Waals surface area contributed by atoms with E-state index in [1.807, 2.05) is 13.8 Å². The molecular weight excluding hydrogens is 180 g/mol. The van der Waals surface area contributed by atoms with Gasteiger partial charge in [-0.05, 0) is 13.3 Å². The van der Waals surface area contributed by atoms with Gasteiger partial charge in [-0.25, -0.2) is 9.97 Å². The molecule has 0 aromatic carbocycles. The van der Waals surface area contributed by atoms with Crippen LogP contribution in [0.15, 0.2) is 12.4 Å². The van der Waals surface area contributed by atoms with Gasteiger partial charge in [0.25, 0.3) is 5.91 Å². The highest BCUT2D eigenvalue weighted by Gasteiger charge is 2.13. The molecule has 3 N–H and O–H groups in total. The molecule has 0 fully saturated rings. The Morgan fingerprint density at radius 3 is 2.79 bits per heavy atom. The summed E-state index contributed by atoms with van der Waals surface area (Å²) in [4.78, 5) is 19.2. The Balaban J connectivity index is 2.75. The molecule has 0 aliphatic carbocycles. The van der Waals surface area contributed by atoms with E-state index in [4.69, 9.17) is 5.73 Å². The third-order valence-corrected chi connectivity index (χ3v) is 1.93. The fourth-order valence-electron chi connectivity index (χ4n) is 0.918. The third-order valence-electron chi connectivity index (χ3n) is 1.93. The van der Waals surface area contributed by atoms with Crippen molar-refractivity contribution < 1.29 is 4.79 Å². The second-order valence-corrected chi connectivity index (χ2v) is 3.07. The van der Waals surface area contributed by atoms with Crippen molar-refractivity contribution >= 4 is 11.7 Å². The molecule has 0 radical (unpaired) electrons. The molecule has 0 aliphatic rings. The van der Waals surface area contributed by atoms with Gasteiger partial charge in [0, 0.05) is 18.4 Å². The van der Waals surface area contributed by atoms with Crippen LogP contribution in [0.2, 0.25) is 0 Å². The Kier molecular flexibility index (Phi) is 3.39. The number of nitrogens with one attached hydrogen (secondary N) is 1. The van der Waals surface area contributed by atoms with Gasteiger partial charge in [0.1, 0.15) is 0 Å². The summed E-state index contributed by atoms with van der Waals surface area (Å²) in [5, 5.41) is 2.77. The van der Waals surface area contributed by atoms with E-state index in [-0.39, 0.29) is 23.5 Å². The van der Waals surface area contributed by atoms with Crippen LogP contribution in [0.3, 0.4) is 0 Å². The largest absolute Gasteiger partial charge is 0.382 e. The molecule has 76 valence electrons. The van der Waals surface area contributed by atoms with Gasteiger partial charge in [-0.2, -0.15) is 0 Å². The quantitative estimate of drug-likeness (QED) is 0.737. The number of hydrogen-bond acceptors (Lipinski definition) is 4. The number of nitrogens with two attached hydrogens (primary N) is 1. The van der Waals surface area contributed by atoms with E-state index in [1.54, 1.807) is 0 Å². The maximum Gasteiger partial charge on any atom is 0.273 e. The van der Waals surface area contributed by atoms with Gasteiger partial charge < -0.3 is 11.1 Å². The molecule has 0 unspecified atom stereocenters. The summed E-state index contributed by atoms with van der Waals surface area (Å²) in [5.41, 5.74) is 5.69. The van der Waals surface area contributed by atoms with E-state index in [0.29, 0.717) is 0 Å². The van der Waals surface area contributed by atoms with E-state index in [1.165, 1.54) is 12.4 Å². The van der Waals surface area contributed by atoms with Crippen molar-refractivity contribution in [3.63, 3.8) is 0 Å². The predicted molar refractivity (Wildman–Crippen MR) is 53.7 cm³/mol. The maximum absolute atomic E-state index is 11.5. The summed E-state index contributed by atoms with van der Waals surface area (Å²) < 4.78 is 0. The van der Waals surface area contributed by atoms with Crippen molar-refractivity contribution in [3.05, 3.63) is 18.1 Å². The van der Waals surface area contributed by atoms with Crippen molar-refractivity contribution in [3.8, 4) is 0 Å². The SMILES string of the molecule is CC[C@H](C)NC(=O)c1nccnc1N. The van der Waals surface area contributed by atoms with Gasteiger partial charge in [-0.1, -0.05) is 6.92 Å². The van der Waals surface area contributed by atoms with Crippen LogP contribution in [0.1, 0.15) is 30.8 Å². The minimum Gasteiger partial charge on any atom is -0.382 e. The average molecular weight is 194 g/mol. The van der Waals surface area contributed by atoms with Crippen LogP contribution < -0.4 is 11.1 Å². The number of carbonyl (C=O) groups excluding carboxylic acids is 1. The molecule has 0 aliphatic heterocycles. The lowest BCUT2D eigenvalue weighted by Gasteiger charge is -2.10. The molecule has 14 heavy (non-hydrogen) atoms. The monoisotopic (exact) mass is 194 g/mol. The number of anilines is 1. The molecule has 1 rings (SSSR count). The first-order valence-electron chi connectivity index (χ1n) is 4.52. The van der Waals surface area contributed by atoms with Crippen LogP contribution in [0, 0.1) is 0 Å². The molecular formula is C9H14N4O. The van der Waals surface area contributed by atoms with Gasteiger partial charge in [-0.15, -0.1) is 0 Å². The second kappa shape index (κ2) is 4.55. The predicted octanol–water partition coefficient (Wildman–Crippen LogP) is 0.587. The Bertz CT molecular complexity index is 326. The fraction of sp³-hybridized carbons (Fsp3) is 0.444. The Labute approximate surface area is 82.7 Å². The van der Waals surface area contributed by atoms with Crippen molar-refractivity contribution in [1.29, 1.82) is 0 Å². The zero-order valence-corrected chi connectivity index (χ0v) is 8.32. The zero-order chi connectivity index (χ0) is 10.6. The van der Waals surface area contributed by atoms with Crippen LogP contribution in [0.5, 0.6) is 0 Å². The first kappa shape index (κ1) is 10.4. The Morgan fingerprint density at radius 1 is 1.57 bits per heavy atom. The van der Waals surface area contributed by atoms with Crippen LogP contribution in [0.25, 0.3) is 0 Å². The standard InChI is InChI=1S/C9H14N4O/c1-3-6(2)13-9(14)7-8(10)12-5-4-11-7/h4-6H,3H2,1-2H3,(H2,10,12)(H,13,14)/t6-/m0/s1. The minimum absolute atomic E-state index is 0.115. The lowest BCUT2D eigenvalue weighted by atomic mass is 10.2. The average Bonchev–Trinajstić information content (AvgIpc) is 2.18. The molecule has 1 aromatic rings. The molecule has 0 spiro atoms. The van der Waals surface area contributed by atoms with Gasteiger partial charge in [-0.3, -0.25) is 4.79 Å². The smallest absolute Gasteiger partial charge is 0.273 e. The molecule has 0 bridgehead atoms. The Hall–Kier alpha value is -1.65. The second-order valence-electron chi connectivity index (χ2n) is 3.07. The van der Waals surface area contributed by atoms with Crippen molar-refractivity contribution in [1.82, 2.24) is 15.3 Å². The van der Waals surface area contributed by atoms with E-state index < -0.39 is 0 Å². The first-order chi connectivity index (χ1) is 6.65. The van der Waals surface area contributed by atoms with E-state index in [0.717, 1.165) is 6.42 Å². The minimum atomic E-state index is -0.273. The number of nitrogen functional groups attached to an aromatic ring is 1. The van der Waals surface area contributed by atoms with Crippen LogP contribution >= 0.6 is 0 Å². The topological polar surface area (TPSA) is 80.9 Å². The van der Waals surface area contributed by atoms with E-state index >= 15 is 0 Å². The van der Waals surface area contributed by atoms with Crippen LogP contribution in [0.4, 0.5) is 5.82 Å². The number of amides is 1. The first-order valence-corrected chi connectivity index (χ1v) is 4.52. The highest BCUT2D eigenvalue weighted by atomic mass is 16.2. The zero-order valence-electron chi connectivity index (χ0n) is 8.32. The fourth-order valence-corrected chi connectivity index (χ4v) is 0.918. The van der Waals surface area contributed by atoms with Crippen molar-refractivity contribution in [2.75, 3.05) is 5.73 Å². The molecule has 1 aromatic heterocycles. The van der Waals surface area contributed by atoms with E-state index in [2.05, 4.69) is 15.3 Å².